The van der Waals surface area contributed by atoms with Crippen LogP contribution >= 0.6 is 0 Å². The molecule has 1 aromatic carbocycles. The van der Waals surface area contributed by atoms with E-state index in [2.05, 4.69) is 5.32 Å². The number of anilines is 2. The maximum Gasteiger partial charge on any atom is 0.338 e. The van der Waals surface area contributed by atoms with Gasteiger partial charge in [0.15, 0.2) is 0 Å². The lowest BCUT2D eigenvalue weighted by Crippen LogP contribution is -2.30. The molecule has 3 N–H and O–H groups in total. The molecule has 0 heterocycles. The maximum absolute atomic E-state index is 11.8. The predicted molar refractivity (Wildman–Crippen MR) is 78.9 cm³/mol. The van der Waals surface area contributed by atoms with Gasteiger partial charge in [0.1, 0.15) is 0 Å². The Balaban J connectivity index is 2.14. The summed E-state index contributed by atoms with van der Waals surface area (Å²) in [5, 5.41) is 3.39. The van der Waals surface area contributed by atoms with Crippen LogP contribution in [-0.4, -0.2) is 31.8 Å². The lowest BCUT2D eigenvalue weighted by Gasteiger charge is -2.22. The first-order valence-corrected chi connectivity index (χ1v) is 7.01. The van der Waals surface area contributed by atoms with Gasteiger partial charge in [-0.3, -0.25) is 0 Å². The average Bonchev–Trinajstić information content (AvgIpc) is 2.88. The van der Waals surface area contributed by atoms with Crippen molar-refractivity contribution in [2.45, 2.75) is 38.3 Å². The van der Waals surface area contributed by atoms with Crippen LogP contribution in [0.2, 0.25) is 0 Å². The van der Waals surface area contributed by atoms with E-state index in [1.807, 2.05) is 0 Å². The van der Waals surface area contributed by atoms with Crippen LogP contribution in [0.15, 0.2) is 18.2 Å². The molecule has 0 aliphatic heterocycles. The molecule has 0 spiro atoms. The zero-order valence-electron chi connectivity index (χ0n) is 12.0. The number of rotatable bonds is 5. The topological polar surface area (TPSA) is 73.6 Å². The fourth-order valence-electron chi connectivity index (χ4n) is 2.60. The van der Waals surface area contributed by atoms with Crippen molar-refractivity contribution in [3.63, 3.8) is 0 Å². The maximum atomic E-state index is 11.8. The van der Waals surface area contributed by atoms with E-state index >= 15 is 0 Å². The summed E-state index contributed by atoms with van der Waals surface area (Å²) in [6.07, 6.45) is 3.42. The quantitative estimate of drug-likeness (QED) is 0.639. The molecule has 0 radical (unpaired) electrons. The monoisotopic (exact) mass is 278 g/mol. The first kappa shape index (κ1) is 14.7. The van der Waals surface area contributed by atoms with Gasteiger partial charge in [-0.2, -0.15) is 0 Å². The summed E-state index contributed by atoms with van der Waals surface area (Å²) in [5.41, 5.74) is 7.88. The highest BCUT2D eigenvalue weighted by Crippen LogP contribution is 2.28. The van der Waals surface area contributed by atoms with Crippen molar-refractivity contribution in [2.24, 2.45) is 0 Å². The molecule has 20 heavy (non-hydrogen) atoms. The number of carbonyl (C=O) groups excluding carboxylic acids is 1. The first-order chi connectivity index (χ1) is 9.65. The van der Waals surface area contributed by atoms with Crippen LogP contribution in [0.4, 0.5) is 11.4 Å². The van der Waals surface area contributed by atoms with Gasteiger partial charge in [0.05, 0.1) is 35.7 Å². The first-order valence-electron chi connectivity index (χ1n) is 7.01. The number of esters is 1. The second-order valence-electron chi connectivity index (χ2n) is 4.98. The Labute approximate surface area is 119 Å². The molecule has 0 aromatic heterocycles. The highest BCUT2D eigenvalue weighted by Gasteiger charge is 2.27. The van der Waals surface area contributed by atoms with Crippen molar-refractivity contribution in [1.29, 1.82) is 0 Å². The van der Waals surface area contributed by atoms with Gasteiger partial charge < -0.3 is 20.5 Å². The summed E-state index contributed by atoms with van der Waals surface area (Å²) in [6, 6.07) is 5.39. The molecule has 0 bridgehead atoms. The van der Waals surface area contributed by atoms with Crippen molar-refractivity contribution >= 4 is 17.3 Å². The van der Waals surface area contributed by atoms with Gasteiger partial charge in [-0.25, -0.2) is 4.79 Å². The predicted octanol–water partition coefficient (Wildman–Crippen LogP) is 2.42. The van der Waals surface area contributed by atoms with Crippen LogP contribution < -0.4 is 11.1 Å². The molecule has 2 atom stereocenters. The van der Waals surface area contributed by atoms with Crippen LogP contribution in [0.5, 0.6) is 0 Å². The summed E-state index contributed by atoms with van der Waals surface area (Å²) in [7, 11) is 1.73. The molecular formula is C15H22N2O3. The summed E-state index contributed by atoms with van der Waals surface area (Å²) in [4.78, 5) is 11.8. The molecule has 0 amide bonds. The molecule has 110 valence electrons. The van der Waals surface area contributed by atoms with E-state index in [4.69, 9.17) is 15.2 Å². The fourth-order valence-corrected chi connectivity index (χ4v) is 2.60. The largest absolute Gasteiger partial charge is 0.462 e. The number of nitrogen functional groups attached to an aromatic ring is 1. The van der Waals surface area contributed by atoms with Gasteiger partial charge in [-0.05, 0) is 44.4 Å². The molecule has 2 rings (SSSR count). The Morgan fingerprint density at radius 3 is 2.95 bits per heavy atom. The molecule has 0 saturated heterocycles. The Morgan fingerprint density at radius 1 is 1.45 bits per heavy atom. The SMILES string of the molecule is CCOC(=O)c1ccc(N)c(NC2CCCC2OC)c1. The molecule has 1 fully saturated rings. The molecule has 2 unspecified atom stereocenters. The lowest BCUT2D eigenvalue weighted by atomic mass is 10.1. The second-order valence-corrected chi connectivity index (χ2v) is 4.98. The standard InChI is InChI=1S/C15H22N2O3/c1-3-20-15(18)10-7-8-11(16)13(9-10)17-12-5-4-6-14(12)19-2/h7-9,12,14,17H,3-6,16H2,1-2H3. The molecule has 1 aromatic rings. The Bertz CT molecular complexity index is 476. The Kier molecular flexibility index (Phi) is 4.84. The normalized spacial score (nSPS) is 21.7. The number of methoxy groups -OCH3 is 1. The van der Waals surface area contributed by atoms with Crippen molar-refractivity contribution < 1.29 is 14.3 Å². The van der Waals surface area contributed by atoms with E-state index in [9.17, 15) is 4.79 Å². The number of ether oxygens (including phenoxy) is 2. The van der Waals surface area contributed by atoms with Crippen molar-refractivity contribution in [1.82, 2.24) is 0 Å². The molecule has 1 aliphatic rings. The van der Waals surface area contributed by atoms with E-state index in [0.29, 0.717) is 17.9 Å². The number of hydrogen-bond donors (Lipinski definition) is 2. The second kappa shape index (κ2) is 6.61. The van der Waals surface area contributed by atoms with Crippen LogP contribution in [0.3, 0.4) is 0 Å². The molecule has 1 saturated carbocycles. The third-order valence-corrected chi connectivity index (χ3v) is 3.66. The van der Waals surface area contributed by atoms with Gasteiger partial charge >= 0.3 is 5.97 Å². The highest BCUT2D eigenvalue weighted by atomic mass is 16.5. The number of benzene rings is 1. The minimum absolute atomic E-state index is 0.195. The number of carbonyl (C=O) groups is 1. The van der Waals surface area contributed by atoms with E-state index < -0.39 is 0 Å². The Hall–Kier alpha value is -1.75. The van der Waals surface area contributed by atoms with Gasteiger partial charge in [0, 0.05) is 7.11 Å². The molecule has 1 aliphatic carbocycles. The van der Waals surface area contributed by atoms with E-state index in [0.717, 1.165) is 24.9 Å². The number of nitrogens with one attached hydrogen (secondary N) is 1. The van der Waals surface area contributed by atoms with Crippen LogP contribution in [0, 0.1) is 0 Å². The van der Waals surface area contributed by atoms with E-state index in [1.165, 1.54) is 0 Å². The minimum atomic E-state index is -0.328. The average molecular weight is 278 g/mol. The van der Waals surface area contributed by atoms with Crippen LogP contribution in [-0.2, 0) is 9.47 Å². The van der Waals surface area contributed by atoms with Gasteiger partial charge in [-0.1, -0.05) is 0 Å². The summed E-state index contributed by atoms with van der Waals surface area (Å²) in [6.45, 7) is 2.15. The summed E-state index contributed by atoms with van der Waals surface area (Å²) < 4.78 is 10.5. The highest BCUT2D eigenvalue weighted by molar-refractivity contribution is 5.92. The lowest BCUT2D eigenvalue weighted by molar-refractivity contribution is 0.0526. The molecular weight excluding hydrogens is 256 g/mol. The van der Waals surface area contributed by atoms with E-state index in [-0.39, 0.29) is 18.1 Å². The number of nitrogens with two attached hydrogens (primary N) is 1. The van der Waals surface area contributed by atoms with Crippen molar-refractivity contribution in [3.8, 4) is 0 Å². The van der Waals surface area contributed by atoms with Crippen molar-refractivity contribution in [2.75, 3.05) is 24.8 Å². The van der Waals surface area contributed by atoms with Crippen LogP contribution in [0.1, 0.15) is 36.5 Å². The Morgan fingerprint density at radius 2 is 2.25 bits per heavy atom. The smallest absolute Gasteiger partial charge is 0.338 e. The minimum Gasteiger partial charge on any atom is -0.462 e. The molecule has 5 nitrogen and oxygen atoms in total. The molecule has 5 heteroatoms. The zero-order valence-corrected chi connectivity index (χ0v) is 12.0. The summed E-state index contributed by atoms with van der Waals surface area (Å²) >= 11 is 0. The van der Waals surface area contributed by atoms with Crippen molar-refractivity contribution in [3.05, 3.63) is 23.8 Å². The zero-order chi connectivity index (χ0) is 14.5. The fraction of sp³-hybridized carbons (Fsp3) is 0.533. The third-order valence-electron chi connectivity index (χ3n) is 3.66. The number of hydrogen-bond acceptors (Lipinski definition) is 5. The van der Waals surface area contributed by atoms with Gasteiger partial charge in [-0.15, -0.1) is 0 Å². The van der Waals surface area contributed by atoms with Gasteiger partial charge in [0.25, 0.3) is 0 Å². The van der Waals surface area contributed by atoms with Gasteiger partial charge in [0.2, 0.25) is 0 Å². The summed E-state index contributed by atoms with van der Waals surface area (Å²) in [5.74, 6) is -0.328. The van der Waals surface area contributed by atoms with E-state index in [1.54, 1.807) is 32.2 Å². The van der Waals surface area contributed by atoms with Crippen LogP contribution in [0.25, 0.3) is 0 Å². The third kappa shape index (κ3) is 3.22.